The highest BCUT2D eigenvalue weighted by molar-refractivity contribution is 4.98. The number of nitrogens with zero attached hydrogens (tertiary/aromatic N) is 2. The van der Waals surface area contributed by atoms with Gasteiger partial charge in [0.1, 0.15) is 0 Å². The van der Waals surface area contributed by atoms with Crippen molar-refractivity contribution in [3.8, 4) is 0 Å². The van der Waals surface area contributed by atoms with Crippen LogP contribution in [-0.2, 0) is 0 Å². The lowest BCUT2D eigenvalue weighted by molar-refractivity contribution is -0.0142. The van der Waals surface area contributed by atoms with Gasteiger partial charge in [-0.15, -0.1) is 0 Å². The van der Waals surface area contributed by atoms with Crippen LogP contribution < -0.4 is 5.73 Å². The van der Waals surface area contributed by atoms with Gasteiger partial charge in [0.2, 0.25) is 0 Å². The second kappa shape index (κ2) is 4.63. The Morgan fingerprint density at radius 2 is 2.12 bits per heavy atom. The quantitative estimate of drug-likeness (QED) is 0.785. The molecule has 0 spiro atoms. The molecule has 3 nitrogen and oxygen atoms in total. The number of nitrogens with two attached hydrogens (primary N) is 1. The van der Waals surface area contributed by atoms with Crippen LogP contribution in [0.25, 0.3) is 0 Å². The molecule has 2 aliphatic heterocycles. The van der Waals surface area contributed by atoms with Crippen LogP contribution in [0.1, 0.15) is 40.0 Å². The van der Waals surface area contributed by atoms with E-state index in [4.69, 9.17) is 5.73 Å². The average molecular weight is 225 g/mol. The standard InChI is InChI=1S/C13H27N3/c1-4-13(3,10-14)16-9-12-6-5-7-15(12)8-11(16)2/h11-12H,4-10,14H2,1-3H3. The third kappa shape index (κ3) is 2.01. The molecule has 16 heavy (non-hydrogen) atoms. The Balaban J connectivity index is 2.09. The third-order valence-electron chi connectivity index (χ3n) is 4.83. The van der Waals surface area contributed by atoms with E-state index in [0.29, 0.717) is 6.04 Å². The van der Waals surface area contributed by atoms with E-state index in [1.807, 2.05) is 0 Å². The molecule has 0 aromatic rings. The molecular formula is C13H27N3. The van der Waals surface area contributed by atoms with E-state index in [1.165, 1.54) is 32.5 Å². The molecule has 3 heteroatoms. The summed E-state index contributed by atoms with van der Waals surface area (Å²) >= 11 is 0. The highest BCUT2D eigenvalue weighted by Crippen LogP contribution is 2.30. The van der Waals surface area contributed by atoms with Gasteiger partial charge in [0.15, 0.2) is 0 Å². The maximum Gasteiger partial charge on any atom is 0.0305 e. The van der Waals surface area contributed by atoms with Crippen molar-refractivity contribution < 1.29 is 0 Å². The van der Waals surface area contributed by atoms with Crippen molar-refractivity contribution in [3.63, 3.8) is 0 Å². The lowest BCUT2D eigenvalue weighted by atomic mass is 9.92. The predicted octanol–water partition coefficient (Wildman–Crippen LogP) is 1.28. The summed E-state index contributed by atoms with van der Waals surface area (Å²) in [5.74, 6) is 0. The molecule has 2 aliphatic rings. The van der Waals surface area contributed by atoms with Gasteiger partial charge in [0.25, 0.3) is 0 Å². The molecule has 3 unspecified atom stereocenters. The smallest absolute Gasteiger partial charge is 0.0305 e. The van der Waals surface area contributed by atoms with Crippen LogP contribution in [-0.4, -0.2) is 53.6 Å². The molecule has 2 fully saturated rings. The number of fused-ring (bicyclic) bond motifs is 1. The van der Waals surface area contributed by atoms with Crippen LogP contribution >= 0.6 is 0 Å². The minimum absolute atomic E-state index is 0.202. The maximum absolute atomic E-state index is 5.99. The van der Waals surface area contributed by atoms with Crippen molar-refractivity contribution in [2.24, 2.45) is 5.73 Å². The average Bonchev–Trinajstić information content (AvgIpc) is 2.74. The van der Waals surface area contributed by atoms with Crippen molar-refractivity contribution in [2.75, 3.05) is 26.2 Å². The fourth-order valence-electron chi connectivity index (χ4n) is 3.40. The molecule has 2 heterocycles. The molecule has 3 atom stereocenters. The second-order valence-corrected chi connectivity index (χ2v) is 5.85. The van der Waals surface area contributed by atoms with Gasteiger partial charge in [-0.2, -0.15) is 0 Å². The molecule has 0 aromatic heterocycles. The Morgan fingerprint density at radius 1 is 1.38 bits per heavy atom. The minimum atomic E-state index is 0.202. The molecule has 0 amide bonds. The normalized spacial score (nSPS) is 36.0. The van der Waals surface area contributed by atoms with Gasteiger partial charge in [-0.3, -0.25) is 9.80 Å². The van der Waals surface area contributed by atoms with Crippen LogP contribution in [0.4, 0.5) is 0 Å². The Hall–Kier alpha value is -0.120. The van der Waals surface area contributed by atoms with E-state index in [2.05, 4.69) is 30.6 Å². The van der Waals surface area contributed by atoms with Crippen LogP contribution in [0.15, 0.2) is 0 Å². The summed E-state index contributed by atoms with van der Waals surface area (Å²) in [5, 5.41) is 0. The maximum atomic E-state index is 5.99. The fourth-order valence-corrected chi connectivity index (χ4v) is 3.40. The number of piperazine rings is 1. The first-order valence-corrected chi connectivity index (χ1v) is 6.81. The minimum Gasteiger partial charge on any atom is -0.329 e. The molecule has 94 valence electrons. The van der Waals surface area contributed by atoms with Crippen molar-refractivity contribution >= 4 is 0 Å². The van der Waals surface area contributed by atoms with Crippen LogP contribution in [0.5, 0.6) is 0 Å². The van der Waals surface area contributed by atoms with E-state index in [0.717, 1.165) is 19.0 Å². The first-order chi connectivity index (χ1) is 7.60. The topological polar surface area (TPSA) is 32.5 Å². The zero-order valence-corrected chi connectivity index (χ0v) is 11.1. The summed E-state index contributed by atoms with van der Waals surface area (Å²) in [6.07, 6.45) is 3.92. The summed E-state index contributed by atoms with van der Waals surface area (Å²) in [4.78, 5) is 5.34. The summed E-state index contributed by atoms with van der Waals surface area (Å²) in [6, 6.07) is 1.46. The summed E-state index contributed by atoms with van der Waals surface area (Å²) < 4.78 is 0. The lowest BCUT2D eigenvalue weighted by Gasteiger charge is -2.51. The predicted molar refractivity (Wildman–Crippen MR) is 68.5 cm³/mol. The van der Waals surface area contributed by atoms with Crippen LogP contribution in [0.2, 0.25) is 0 Å². The monoisotopic (exact) mass is 225 g/mol. The molecule has 2 N–H and O–H groups in total. The highest BCUT2D eigenvalue weighted by atomic mass is 15.3. The van der Waals surface area contributed by atoms with Gasteiger partial charge in [0.05, 0.1) is 0 Å². The Labute approximate surface area is 100.0 Å². The van der Waals surface area contributed by atoms with Crippen molar-refractivity contribution in [3.05, 3.63) is 0 Å². The molecule has 2 saturated heterocycles. The van der Waals surface area contributed by atoms with Crippen molar-refractivity contribution in [1.29, 1.82) is 0 Å². The van der Waals surface area contributed by atoms with E-state index in [1.54, 1.807) is 0 Å². The van der Waals surface area contributed by atoms with E-state index in [-0.39, 0.29) is 5.54 Å². The van der Waals surface area contributed by atoms with Gasteiger partial charge in [-0.1, -0.05) is 6.92 Å². The Morgan fingerprint density at radius 3 is 2.75 bits per heavy atom. The first-order valence-electron chi connectivity index (χ1n) is 6.81. The molecular weight excluding hydrogens is 198 g/mol. The highest BCUT2D eigenvalue weighted by Gasteiger charge is 2.40. The molecule has 0 radical (unpaired) electrons. The molecule has 0 aliphatic carbocycles. The van der Waals surface area contributed by atoms with Gasteiger partial charge in [-0.25, -0.2) is 0 Å². The molecule has 0 saturated carbocycles. The summed E-state index contributed by atoms with van der Waals surface area (Å²) in [7, 11) is 0. The van der Waals surface area contributed by atoms with Crippen LogP contribution in [0, 0.1) is 0 Å². The number of hydrogen-bond acceptors (Lipinski definition) is 3. The molecule has 0 aromatic carbocycles. The van der Waals surface area contributed by atoms with E-state index < -0.39 is 0 Å². The zero-order valence-electron chi connectivity index (χ0n) is 11.1. The summed E-state index contributed by atoms with van der Waals surface area (Å²) in [5.41, 5.74) is 6.19. The number of hydrogen-bond donors (Lipinski definition) is 1. The van der Waals surface area contributed by atoms with Gasteiger partial charge >= 0.3 is 0 Å². The second-order valence-electron chi connectivity index (χ2n) is 5.85. The lowest BCUT2D eigenvalue weighted by Crippen LogP contribution is -2.64. The zero-order chi connectivity index (χ0) is 11.8. The van der Waals surface area contributed by atoms with Crippen molar-refractivity contribution in [1.82, 2.24) is 9.80 Å². The van der Waals surface area contributed by atoms with Crippen LogP contribution in [0.3, 0.4) is 0 Å². The Kier molecular flexibility index (Phi) is 3.57. The van der Waals surface area contributed by atoms with Crippen molar-refractivity contribution in [2.45, 2.75) is 57.7 Å². The third-order valence-corrected chi connectivity index (χ3v) is 4.83. The van der Waals surface area contributed by atoms with Gasteiger partial charge in [0, 0.05) is 37.3 Å². The summed E-state index contributed by atoms with van der Waals surface area (Å²) in [6.45, 7) is 11.5. The number of rotatable bonds is 3. The Bertz CT molecular complexity index is 237. The van der Waals surface area contributed by atoms with Gasteiger partial charge in [-0.05, 0) is 39.7 Å². The van der Waals surface area contributed by atoms with E-state index >= 15 is 0 Å². The fraction of sp³-hybridized carbons (Fsp3) is 1.00. The molecule has 2 rings (SSSR count). The SMILES string of the molecule is CCC(C)(CN)N1CC2CCCN2CC1C. The van der Waals surface area contributed by atoms with Gasteiger partial charge < -0.3 is 5.73 Å². The largest absolute Gasteiger partial charge is 0.329 e. The first kappa shape index (κ1) is 12.3. The molecule has 0 bridgehead atoms. The van der Waals surface area contributed by atoms with E-state index in [9.17, 15) is 0 Å².